The maximum atomic E-state index is 13.1. The van der Waals surface area contributed by atoms with Crippen LogP contribution in [0.25, 0.3) is 0 Å². The fraction of sp³-hybridized carbons (Fsp3) is 0.375. The zero-order chi connectivity index (χ0) is 12.5. The summed E-state index contributed by atoms with van der Waals surface area (Å²) in [7, 11) is 0. The van der Waals surface area contributed by atoms with Gasteiger partial charge in [-0.25, -0.2) is 18.2 Å². The Morgan fingerprint density at radius 2 is 1.88 bits per heavy atom. The van der Waals surface area contributed by atoms with E-state index in [0.717, 1.165) is 0 Å². The molecule has 0 aliphatic carbocycles. The number of rotatable bonds is 2. The summed E-state index contributed by atoms with van der Waals surface area (Å²) >= 11 is 2.77. The van der Waals surface area contributed by atoms with Crippen LogP contribution in [0.15, 0.2) is 6.07 Å². The van der Waals surface area contributed by atoms with E-state index in [1.165, 1.54) is 0 Å². The first-order valence-electron chi connectivity index (χ1n) is 3.88. The van der Waals surface area contributed by atoms with Crippen molar-refractivity contribution in [3.8, 4) is 0 Å². The highest BCUT2D eigenvalue weighted by atomic mass is 79.9. The third-order valence-electron chi connectivity index (χ3n) is 1.69. The molecule has 0 saturated heterocycles. The smallest absolute Gasteiger partial charge is 0.248 e. The molecule has 0 aromatic carbocycles. The Morgan fingerprint density at radius 1 is 1.31 bits per heavy atom. The monoisotopic (exact) mass is 307 g/mol. The summed E-state index contributed by atoms with van der Waals surface area (Å²) in [6.45, 7) is 0. The van der Waals surface area contributed by atoms with Gasteiger partial charge < -0.3 is 0 Å². The molecule has 0 atom stereocenters. The molecule has 1 aromatic rings. The summed E-state index contributed by atoms with van der Waals surface area (Å²) in [4.78, 5) is 3.09. The Kier molecular flexibility index (Phi) is 3.82. The lowest BCUT2D eigenvalue weighted by Gasteiger charge is -2.12. The molecule has 16 heavy (non-hydrogen) atoms. The van der Waals surface area contributed by atoms with Gasteiger partial charge in [-0.15, -0.1) is 0 Å². The second-order valence-corrected chi connectivity index (χ2v) is 3.35. The largest absolute Gasteiger partial charge is 0.419 e. The molecule has 0 saturated carbocycles. The van der Waals surface area contributed by atoms with Crippen molar-refractivity contribution in [1.82, 2.24) is 4.98 Å². The minimum absolute atomic E-state index is 0.171. The van der Waals surface area contributed by atoms with Crippen LogP contribution < -0.4 is 0 Å². The van der Waals surface area contributed by atoms with E-state index in [1.807, 2.05) is 0 Å². The van der Waals surface area contributed by atoms with Crippen LogP contribution in [0.4, 0.5) is 26.3 Å². The molecule has 1 aromatic heterocycles. The summed E-state index contributed by atoms with van der Waals surface area (Å²) in [6, 6.07) is 0.399. The van der Waals surface area contributed by atoms with Crippen LogP contribution in [0.3, 0.4) is 0 Å². The highest BCUT2D eigenvalue weighted by Gasteiger charge is 2.37. The highest BCUT2D eigenvalue weighted by Crippen LogP contribution is 2.35. The van der Waals surface area contributed by atoms with E-state index in [0.29, 0.717) is 6.07 Å². The van der Waals surface area contributed by atoms with Gasteiger partial charge in [0.15, 0.2) is 5.82 Å². The molecule has 1 heterocycles. The number of pyridine rings is 1. The third kappa shape index (κ3) is 2.66. The molecule has 1 rings (SSSR count). The average molecular weight is 308 g/mol. The molecule has 0 amide bonds. The Morgan fingerprint density at radius 3 is 2.25 bits per heavy atom. The van der Waals surface area contributed by atoms with E-state index in [1.54, 1.807) is 0 Å². The van der Waals surface area contributed by atoms with Crippen LogP contribution in [0.5, 0.6) is 0 Å². The number of hydrogen-bond donors (Lipinski definition) is 0. The van der Waals surface area contributed by atoms with Crippen molar-refractivity contribution in [2.45, 2.75) is 17.9 Å². The fourth-order valence-electron chi connectivity index (χ4n) is 1.02. The zero-order valence-corrected chi connectivity index (χ0v) is 9.04. The first kappa shape index (κ1) is 13.3. The number of hydrogen-bond acceptors (Lipinski definition) is 1. The van der Waals surface area contributed by atoms with Gasteiger partial charge in [0.25, 0.3) is 6.43 Å². The lowest BCUT2D eigenvalue weighted by atomic mass is 10.1. The van der Waals surface area contributed by atoms with Crippen LogP contribution in [0.1, 0.15) is 23.4 Å². The van der Waals surface area contributed by atoms with Gasteiger partial charge >= 0.3 is 6.18 Å². The van der Waals surface area contributed by atoms with Crippen molar-refractivity contribution in [3.63, 3.8) is 0 Å². The van der Waals surface area contributed by atoms with Crippen molar-refractivity contribution >= 4 is 15.9 Å². The minimum atomic E-state index is -5.02. The Bertz CT molecular complexity index is 389. The maximum Gasteiger partial charge on any atom is 0.419 e. The molecule has 0 radical (unpaired) electrons. The lowest BCUT2D eigenvalue weighted by molar-refractivity contribution is -0.140. The van der Waals surface area contributed by atoms with Crippen molar-refractivity contribution in [2.24, 2.45) is 0 Å². The third-order valence-corrected chi connectivity index (χ3v) is 2.26. The molecule has 0 spiro atoms. The summed E-state index contributed by atoms with van der Waals surface area (Å²) in [5.74, 6) is -2.02. The second kappa shape index (κ2) is 4.60. The first-order chi connectivity index (χ1) is 7.27. The molecular weight excluding hydrogens is 304 g/mol. The van der Waals surface area contributed by atoms with Gasteiger partial charge in [-0.2, -0.15) is 13.2 Å². The molecule has 0 fully saturated rings. The van der Waals surface area contributed by atoms with Crippen LogP contribution in [-0.4, -0.2) is 4.98 Å². The predicted octanol–water partition coefficient (Wildman–Crippen LogP) is 4.07. The van der Waals surface area contributed by atoms with Gasteiger partial charge in [-0.1, -0.05) is 15.9 Å². The summed E-state index contributed by atoms with van der Waals surface area (Å²) in [5, 5.41) is -0.171. The quantitative estimate of drug-likeness (QED) is 0.593. The molecule has 0 N–H and O–H groups in total. The minimum Gasteiger partial charge on any atom is -0.248 e. The summed E-state index contributed by atoms with van der Waals surface area (Å²) in [6.07, 6.45) is -8.41. The molecule has 8 heteroatoms. The van der Waals surface area contributed by atoms with Crippen LogP contribution in [-0.2, 0) is 11.5 Å². The maximum absolute atomic E-state index is 13.1. The van der Waals surface area contributed by atoms with E-state index in [-0.39, 0.29) is 11.0 Å². The van der Waals surface area contributed by atoms with Crippen molar-refractivity contribution in [3.05, 3.63) is 28.8 Å². The van der Waals surface area contributed by atoms with E-state index >= 15 is 0 Å². The number of alkyl halides is 6. The Labute approximate surface area is 94.6 Å². The van der Waals surface area contributed by atoms with Gasteiger partial charge in [-0.3, -0.25) is 0 Å². The van der Waals surface area contributed by atoms with Crippen molar-refractivity contribution < 1.29 is 26.3 Å². The molecule has 0 aliphatic heterocycles. The average Bonchev–Trinajstić information content (AvgIpc) is 2.15. The van der Waals surface area contributed by atoms with E-state index in [2.05, 4.69) is 20.9 Å². The van der Waals surface area contributed by atoms with Crippen LogP contribution in [0, 0.1) is 5.82 Å². The summed E-state index contributed by atoms with van der Waals surface area (Å²) < 4.78 is 74.4. The highest BCUT2D eigenvalue weighted by molar-refractivity contribution is 9.08. The predicted molar refractivity (Wildman–Crippen MR) is 46.8 cm³/mol. The van der Waals surface area contributed by atoms with Gasteiger partial charge in [0.1, 0.15) is 5.69 Å². The summed E-state index contributed by atoms with van der Waals surface area (Å²) in [5.41, 5.74) is -3.51. The molecular formula is C8H4BrF6N. The number of halogens is 7. The van der Waals surface area contributed by atoms with Gasteiger partial charge in [0.05, 0.1) is 11.3 Å². The lowest BCUT2D eigenvalue weighted by Crippen LogP contribution is -2.13. The second-order valence-electron chi connectivity index (χ2n) is 2.79. The first-order valence-corrected chi connectivity index (χ1v) is 5.00. The van der Waals surface area contributed by atoms with E-state index < -0.39 is 29.7 Å². The molecule has 0 aliphatic rings. The number of aromatic nitrogens is 1. The van der Waals surface area contributed by atoms with Gasteiger partial charge in [-0.05, 0) is 6.07 Å². The topological polar surface area (TPSA) is 12.9 Å². The Balaban J connectivity index is 3.44. The molecule has 90 valence electrons. The normalized spacial score (nSPS) is 12.2. The number of nitrogens with zero attached hydrogens (tertiary/aromatic N) is 1. The zero-order valence-electron chi connectivity index (χ0n) is 7.45. The molecule has 1 nitrogen and oxygen atoms in total. The standard InChI is InChI=1S/C8H4BrF6N/c9-2-3-1-4(8(13,14)15)5(10)6(16-3)7(11)12/h1,7H,2H2. The van der Waals surface area contributed by atoms with Crippen molar-refractivity contribution in [2.75, 3.05) is 0 Å². The van der Waals surface area contributed by atoms with E-state index in [9.17, 15) is 26.3 Å². The van der Waals surface area contributed by atoms with Crippen molar-refractivity contribution in [1.29, 1.82) is 0 Å². The SMILES string of the molecule is Fc1c(C(F)(F)F)cc(CBr)nc1C(F)F. The fourth-order valence-corrected chi connectivity index (χ4v) is 1.31. The molecule has 0 bridgehead atoms. The van der Waals surface area contributed by atoms with Crippen LogP contribution >= 0.6 is 15.9 Å². The Hall–Kier alpha value is -0.790. The van der Waals surface area contributed by atoms with Gasteiger partial charge in [0, 0.05) is 5.33 Å². The van der Waals surface area contributed by atoms with Crippen LogP contribution in [0.2, 0.25) is 0 Å². The molecule has 0 unspecified atom stereocenters. The van der Waals surface area contributed by atoms with E-state index in [4.69, 9.17) is 0 Å². The van der Waals surface area contributed by atoms with Gasteiger partial charge in [0.2, 0.25) is 0 Å².